The zero-order chi connectivity index (χ0) is 13.1. The summed E-state index contributed by atoms with van der Waals surface area (Å²) in [5.41, 5.74) is 0.940. The Morgan fingerprint density at radius 2 is 2.22 bits per heavy atom. The van der Waals surface area contributed by atoms with Crippen LogP contribution < -0.4 is 5.32 Å². The Bertz CT molecular complexity index is 518. The maximum atomic E-state index is 4.31. The van der Waals surface area contributed by atoms with Crippen LogP contribution in [-0.4, -0.2) is 50.7 Å². The van der Waals surface area contributed by atoms with E-state index in [0.29, 0.717) is 11.8 Å². The summed E-state index contributed by atoms with van der Waals surface area (Å²) in [5, 5.41) is 7.54. The number of aromatic nitrogens is 4. The van der Waals surface area contributed by atoms with Crippen molar-refractivity contribution in [3.63, 3.8) is 0 Å². The van der Waals surface area contributed by atoms with E-state index < -0.39 is 0 Å². The third-order valence-corrected chi connectivity index (χ3v) is 3.03. The van der Waals surface area contributed by atoms with Crippen LogP contribution in [0, 0.1) is 6.92 Å². The maximum absolute atomic E-state index is 4.31. The molecule has 0 fully saturated rings. The van der Waals surface area contributed by atoms with Crippen LogP contribution in [0.15, 0.2) is 12.4 Å². The van der Waals surface area contributed by atoms with Gasteiger partial charge in [0.15, 0.2) is 0 Å². The Balaban J connectivity index is 2.05. The zero-order valence-corrected chi connectivity index (χ0v) is 11.4. The minimum absolute atomic E-state index is 0.553. The minimum Gasteiger partial charge on any atom is -0.369 e. The van der Waals surface area contributed by atoms with Crippen LogP contribution in [-0.2, 0) is 0 Å². The van der Waals surface area contributed by atoms with Gasteiger partial charge in [-0.3, -0.25) is 0 Å². The predicted molar refractivity (Wildman–Crippen MR) is 71.8 cm³/mol. The van der Waals surface area contributed by atoms with Gasteiger partial charge in [-0.05, 0) is 27.8 Å². The zero-order valence-electron chi connectivity index (χ0n) is 11.4. The molecule has 0 aliphatic heterocycles. The number of hydrogen-bond acceptors (Lipinski definition) is 5. The second-order valence-electron chi connectivity index (χ2n) is 4.76. The normalized spacial score (nSPS) is 11.7. The van der Waals surface area contributed by atoms with Gasteiger partial charge in [-0.1, -0.05) is 0 Å². The SMILES string of the molecule is Cc1cc(NCCN(C)C(C)C)n2ncnc2n1. The van der Waals surface area contributed by atoms with Gasteiger partial charge in [-0.15, -0.1) is 0 Å². The number of rotatable bonds is 5. The third kappa shape index (κ3) is 2.76. The van der Waals surface area contributed by atoms with Gasteiger partial charge in [0.05, 0.1) is 0 Å². The molecule has 18 heavy (non-hydrogen) atoms. The Morgan fingerprint density at radius 3 is 2.94 bits per heavy atom. The molecule has 0 bridgehead atoms. The van der Waals surface area contributed by atoms with Crippen molar-refractivity contribution in [3.8, 4) is 0 Å². The molecule has 0 aromatic carbocycles. The number of fused-ring (bicyclic) bond motifs is 1. The van der Waals surface area contributed by atoms with E-state index in [1.807, 2.05) is 13.0 Å². The molecule has 2 rings (SSSR count). The van der Waals surface area contributed by atoms with Gasteiger partial charge in [0.25, 0.3) is 5.78 Å². The van der Waals surface area contributed by atoms with Crippen molar-refractivity contribution in [2.75, 3.05) is 25.5 Å². The summed E-state index contributed by atoms with van der Waals surface area (Å²) in [6, 6.07) is 2.54. The summed E-state index contributed by atoms with van der Waals surface area (Å²) >= 11 is 0. The second-order valence-corrected chi connectivity index (χ2v) is 4.76. The standard InChI is InChI=1S/C12H20N6/c1-9(2)17(4)6-5-13-11-7-10(3)16-12-14-8-15-18(11)12/h7-9,13H,5-6H2,1-4H3. The van der Waals surface area contributed by atoms with E-state index >= 15 is 0 Å². The molecule has 0 radical (unpaired) electrons. The molecule has 6 heteroatoms. The van der Waals surface area contributed by atoms with Gasteiger partial charge in [-0.2, -0.15) is 14.6 Å². The van der Waals surface area contributed by atoms with E-state index in [2.05, 4.69) is 46.2 Å². The lowest BCUT2D eigenvalue weighted by atomic mass is 10.3. The summed E-state index contributed by atoms with van der Waals surface area (Å²) in [7, 11) is 2.12. The number of aryl methyl sites for hydroxylation is 1. The topological polar surface area (TPSA) is 58.4 Å². The van der Waals surface area contributed by atoms with Gasteiger partial charge in [-0.25, -0.2) is 4.98 Å². The largest absolute Gasteiger partial charge is 0.369 e. The molecular formula is C12H20N6. The molecule has 6 nitrogen and oxygen atoms in total. The number of anilines is 1. The van der Waals surface area contributed by atoms with Crippen molar-refractivity contribution < 1.29 is 0 Å². The molecular weight excluding hydrogens is 228 g/mol. The third-order valence-electron chi connectivity index (χ3n) is 3.03. The summed E-state index contributed by atoms with van der Waals surface area (Å²) in [6.45, 7) is 8.18. The molecule has 0 saturated heterocycles. The number of nitrogens with zero attached hydrogens (tertiary/aromatic N) is 5. The summed E-state index contributed by atoms with van der Waals surface area (Å²) < 4.78 is 1.72. The first kappa shape index (κ1) is 12.8. The van der Waals surface area contributed by atoms with E-state index in [4.69, 9.17) is 0 Å². The van der Waals surface area contributed by atoms with Gasteiger partial charge in [0, 0.05) is 30.9 Å². The molecule has 98 valence electrons. The fourth-order valence-electron chi connectivity index (χ4n) is 1.68. The molecule has 0 aliphatic carbocycles. The van der Waals surface area contributed by atoms with Gasteiger partial charge < -0.3 is 10.2 Å². The first-order chi connectivity index (χ1) is 8.58. The smallest absolute Gasteiger partial charge is 0.254 e. The van der Waals surface area contributed by atoms with E-state index in [-0.39, 0.29) is 0 Å². The monoisotopic (exact) mass is 248 g/mol. The number of nitrogens with one attached hydrogen (secondary N) is 1. The van der Waals surface area contributed by atoms with Crippen molar-refractivity contribution in [1.82, 2.24) is 24.5 Å². The van der Waals surface area contributed by atoms with E-state index in [9.17, 15) is 0 Å². The van der Waals surface area contributed by atoms with Crippen molar-refractivity contribution in [2.24, 2.45) is 0 Å². The highest BCUT2D eigenvalue weighted by Gasteiger charge is 2.06. The average Bonchev–Trinajstić information content (AvgIpc) is 2.76. The maximum Gasteiger partial charge on any atom is 0.254 e. The van der Waals surface area contributed by atoms with Gasteiger partial charge >= 0.3 is 0 Å². The molecule has 0 amide bonds. The lowest BCUT2D eigenvalue weighted by molar-refractivity contribution is 0.284. The van der Waals surface area contributed by atoms with Crippen LogP contribution in [0.3, 0.4) is 0 Å². The summed E-state index contributed by atoms with van der Waals surface area (Å²) in [6.07, 6.45) is 1.52. The highest BCUT2D eigenvalue weighted by molar-refractivity contribution is 5.44. The van der Waals surface area contributed by atoms with Gasteiger partial charge in [0.1, 0.15) is 12.1 Å². The molecule has 0 saturated carbocycles. The molecule has 0 atom stereocenters. The van der Waals surface area contributed by atoms with Crippen LogP contribution in [0.25, 0.3) is 5.78 Å². The van der Waals surface area contributed by atoms with Crippen LogP contribution in [0.1, 0.15) is 19.5 Å². The minimum atomic E-state index is 0.553. The molecule has 0 aliphatic rings. The lowest BCUT2D eigenvalue weighted by Gasteiger charge is -2.21. The summed E-state index contributed by atoms with van der Waals surface area (Å²) in [5.74, 6) is 1.57. The quantitative estimate of drug-likeness (QED) is 0.861. The Hall–Kier alpha value is -1.69. The van der Waals surface area contributed by atoms with Crippen molar-refractivity contribution in [1.29, 1.82) is 0 Å². The van der Waals surface area contributed by atoms with Crippen LogP contribution in [0.2, 0.25) is 0 Å². The van der Waals surface area contributed by atoms with Gasteiger partial charge in [0.2, 0.25) is 0 Å². The summed E-state index contributed by atoms with van der Waals surface area (Å²) in [4.78, 5) is 10.7. The molecule has 2 aromatic heterocycles. The molecule has 2 aromatic rings. The molecule has 2 heterocycles. The van der Waals surface area contributed by atoms with Crippen LogP contribution in [0.4, 0.5) is 5.82 Å². The molecule has 1 N–H and O–H groups in total. The van der Waals surface area contributed by atoms with Crippen molar-refractivity contribution in [2.45, 2.75) is 26.8 Å². The van der Waals surface area contributed by atoms with Crippen LogP contribution >= 0.6 is 0 Å². The Labute approximate surface area is 107 Å². The fourth-order valence-corrected chi connectivity index (χ4v) is 1.68. The molecule has 0 unspecified atom stereocenters. The van der Waals surface area contributed by atoms with E-state index in [1.165, 1.54) is 6.33 Å². The predicted octanol–water partition coefficient (Wildman–Crippen LogP) is 1.18. The average molecular weight is 248 g/mol. The van der Waals surface area contributed by atoms with Crippen molar-refractivity contribution >= 4 is 11.6 Å². The van der Waals surface area contributed by atoms with E-state index in [0.717, 1.165) is 24.6 Å². The van der Waals surface area contributed by atoms with Crippen molar-refractivity contribution in [3.05, 3.63) is 18.1 Å². The highest BCUT2D eigenvalue weighted by Crippen LogP contribution is 2.09. The number of likely N-dealkylation sites (N-methyl/N-ethyl adjacent to an activating group) is 1. The lowest BCUT2D eigenvalue weighted by Crippen LogP contribution is -2.31. The first-order valence-corrected chi connectivity index (χ1v) is 6.19. The number of hydrogen-bond donors (Lipinski definition) is 1. The first-order valence-electron chi connectivity index (χ1n) is 6.19. The van der Waals surface area contributed by atoms with Crippen LogP contribution in [0.5, 0.6) is 0 Å². The Morgan fingerprint density at radius 1 is 1.44 bits per heavy atom. The van der Waals surface area contributed by atoms with E-state index in [1.54, 1.807) is 4.52 Å². The molecule has 0 spiro atoms. The fraction of sp³-hybridized carbons (Fsp3) is 0.583. The Kier molecular flexibility index (Phi) is 3.76. The highest BCUT2D eigenvalue weighted by atomic mass is 15.4. The second kappa shape index (κ2) is 5.30.